The van der Waals surface area contributed by atoms with E-state index >= 15 is 0 Å². The molecule has 1 aromatic carbocycles. The lowest BCUT2D eigenvalue weighted by atomic mass is 9.80. The summed E-state index contributed by atoms with van der Waals surface area (Å²) in [5.41, 5.74) is 2.18. The second kappa shape index (κ2) is 8.08. The van der Waals surface area contributed by atoms with Crippen molar-refractivity contribution in [3.8, 4) is 0 Å². The van der Waals surface area contributed by atoms with Gasteiger partial charge in [-0.3, -0.25) is 4.79 Å². The van der Waals surface area contributed by atoms with E-state index in [1.807, 2.05) is 18.2 Å². The monoisotopic (exact) mass is 464 g/mol. The Labute approximate surface area is 202 Å². The van der Waals surface area contributed by atoms with Crippen molar-refractivity contribution >= 4 is 11.9 Å². The Hall–Kier alpha value is -2.40. The van der Waals surface area contributed by atoms with Crippen molar-refractivity contribution < 1.29 is 23.8 Å². The molecule has 3 fully saturated rings. The highest BCUT2D eigenvalue weighted by atomic mass is 16.6. The third-order valence-electron chi connectivity index (χ3n) is 8.90. The first kappa shape index (κ1) is 23.3. The van der Waals surface area contributed by atoms with Crippen LogP contribution in [0.15, 0.2) is 54.1 Å². The first-order valence-electron chi connectivity index (χ1n) is 12.5. The van der Waals surface area contributed by atoms with Crippen LogP contribution in [0.5, 0.6) is 0 Å². The highest BCUT2D eigenvalue weighted by molar-refractivity contribution is 5.89. The van der Waals surface area contributed by atoms with Crippen molar-refractivity contribution in [2.45, 2.75) is 77.8 Å². The fourth-order valence-corrected chi connectivity index (χ4v) is 7.25. The molecule has 1 saturated heterocycles. The molecule has 0 unspecified atom stereocenters. The Morgan fingerprint density at radius 2 is 1.82 bits per heavy atom. The van der Waals surface area contributed by atoms with Crippen LogP contribution in [0.25, 0.3) is 0 Å². The van der Waals surface area contributed by atoms with E-state index in [0.29, 0.717) is 23.8 Å². The summed E-state index contributed by atoms with van der Waals surface area (Å²) in [6, 6.07) is 9.05. The number of ether oxygens (including phenoxy) is 3. The number of hydrogen-bond donors (Lipinski definition) is 0. The van der Waals surface area contributed by atoms with E-state index in [2.05, 4.69) is 40.3 Å². The second-order valence-corrected chi connectivity index (χ2v) is 11.5. The zero-order chi connectivity index (χ0) is 24.4. The minimum atomic E-state index is -0.653. The van der Waals surface area contributed by atoms with Crippen LogP contribution in [-0.4, -0.2) is 35.9 Å². The van der Waals surface area contributed by atoms with E-state index in [-0.39, 0.29) is 35.3 Å². The zero-order valence-corrected chi connectivity index (χ0v) is 20.9. The number of carbonyl (C=O) groups excluding carboxylic acids is 2. The largest absolute Gasteiger partial charge is 0.458 e. The van der Waals surface area contributed by atoms with Crippen LogP contribution in [0.3, 0.4) is 0 Å². The number of carbonyl (C=O) groups is 2. The zero-order valence-electron chi connectivity index (χ0n) is 20.9. The van der Waals surface area contributed by atoms with E-state index in [0.717, 1.165) is 18.4 Å². The van der Waals surface area contributed by atoms with Gasteiger partial charge in [-0.1, -0.05) is 51.6 Å². The van der Waals surface area contributed by atoms with Crippen molar-refractivity contribution in [1.29, 1.82) is 0 Å². The first-order chi connectivity index (χ1) is 16.0. The van der Waals surface area contributed by atoms with Crippen LogP contribution < -0.4 is 0 Å². The summed E-state index contributed by atoms with van der Waals surface area (Å²) < 4.78 is 19.1. The number of fused-ring (bicyclic) bond motifs is 3. The SMILES string of the molecule is C=C1CC[C@H]2[C@@H]([C@@H]3O[C@]4(C=C3C)C[C@H](C)[C@H](OC(=O)c3ccccc3)[C@@H]4[C@H]1OC(C)=O)C2(C)C. The molecular weight excluding hydrogens is 428 g/mol. The molecular formula is C29H36O5. The van der Waals surface area contributed by atoms with Crippen LogP contribution in [0.4, 0.5) is 0 Å². The molecule has 2 saturated carbocycles. The third-order valence-corrected chi connectivity index (χ3v) is 8.90. The molecule has 5 rings (SSSR count). The quantitative estimate of drug-likeness (QED) is 0.436. The maximum atomic E-state index is 13.1. The summed E-state index contributed by atoms with van der Waals surface area (Å²) in [7, 11) is 0. The van der Waals surface area contributed by atoms with Gasteiger partial charge in [0.05, 0.1) is 23.2 Å². The van der Waals surface area contributed by atoms with E-state index in [4.69, 9.17) is 14.2 Å². The molecule has 0 radical (unpaired) electrons. The van der Waals surface area contributed by atoms with Crippen molar-refractivity contribution in [3.63, 3.8) is 0 Å². The minimum Gasteiger partial charge on any atom is -0.458 e. The van der Waals surface area contributed by atoms with Gasteiger partial charge in [-0.15, -0.1) is 0 Å². The maximum absolute atomic E-state index is 13.1. The lowest BCUT2D eigenvalue weighted by Crippen LogP contribution is -2.48. The Kier molecular flexibility index (Phi) is 5.55. The van der Waals surface area contributed by atoms with Gasteiger partial charge < -0.3 is 14.2 Å². The summed E-state index contributed by atoms with van der Waals surface area (Å²) in [6.45, 7) is 14.7. The topological polar surface area (TPSA) is 61.8 Å². The van der Waals surface area contributed by atoms with Crippen molar-refractivity contribution in [1.82, 2.24) is 0 Å². The molecule has 8 atom stereocenters. The normalized spacial score (nSPS) is 40.0. The molecule has 1 spiro atoms. The molecule has 0 aromatic heterocycles. The number of hydrogen-bond acceptors (Lipinski definition) is 5. The molecule has 34 heavy (non-hydrogen) atoms. The standard InChI is InChI=1S/C29H36O5/c1-16-12-13-21-22(28(21,5)6)26-18(3)15-29(34-26)14-17(2)25(23(29)24(16)32-19(4)30)33-27(31)20-10-8-7-9-11-20/h7-11,15,17,21-26H,1,12-14H2,2-6H3/t17-,21-,22-,23-,24-,25-,26+,29-/m0/s1. The van der Waals surface area contributed by atoms with Crippen molar-refractivity contribution in [3.05, 3.63) is 59.7 Å². The highest BCUT2D eigenvalue weighted by Gasteiger charge is 2.67. The molecule has 182 valence electrons. The molecule has 0 N–H and O–H groups in total. The van der Waals surface area contributed by atoms with E-state index in [1.165, 1.54) is 12.5 Å². The summed E-state index contributed by atoms with van der Waals surface area (Å²) >= 11 is 0. The predicted octanol–water partition coefficient (Wildman–Crippen LogP) is 5.51. The lowest BCUT2D eigenvalue weighted by molar-refractivity contribution is -0.158. The summed E-state index contributed by atoms with van der Waals surface area (Å²) in [4.78, 5) is 25.4. The Morgan fingerprint density at radius 1 is 1.12 bits per heavy atom. The number of esters is 2. The Balaban J connectivity index is 1.56. The first-order valence-corrected chi connectivity index (χ1v) is 12.5. The fourth-order valence-electron chi connectivity index (χ4n) is 7.25. The number of benzene rings is 1. The van der Waals surface area contributed by atoms with Crippen molar-refractivity contribution in [2.75, 3.05) is 0 Å². The van der Waals surface area contributed by atoms with Crippen LogP contribution in [0.1, 0.15) is 64.2 Å². The van der Waals surface area contributed by atoms with Gasteiger partial charge in [0.2, 0.25) is 0 Å². The molecule has 2 aliphatic heterocycles. The van der Waals surface area contributed by atoms with Gasteiger partial charge in [-0.05, 0) is 72.6 Å². The van der Waals surface area contributed by atoms with Gasteiger partial charge in [0, 0.05) is 6.92 Å². The van der Waals surface area contributed by atoms with Crippen molar-refractivity contribution in [2.24, 2.45) is 29.1 Å². The molecule has 0 amide bonds. The Bertz CT molecular complexity index is 1040. The van der Waals surface area contributed by atoms with Gasteiger partial charge >= 0.3 is 11.9 Å². The molecule has 5 heteroatoms. The minimum absolute atomic E-state index is 0.0371. The molecule has 2 heterocycles. The van der Waals surface area contributed by atoms with Gasteiger partial charge in [0.15, 0.2) is 0 Å². The Morgan fingerprint density at radius 3 is 2.50 bits per heavy atom. The second-order valence-electron chi connectivity index (χ2n) is 11.5. The van der Waals surface area contributed by atoms with Gasteiger partial charge in [-0.2, -0.15) is 0 Å². The fraction of sp³-hybridized carbons (Fsp3) is 0.586. The average Bonchev–Trinajstić information content (AvgIpc) is 3.01. The molecule has 1 aromatic rings. The van der Waals surface area contributed by atoms with Crippen LogP contribution in [-0.2, 0) is 19.0 Å². The van der Waals surface area contributed by atoms with E-state index in [1.54, 1.807) is 12.1 Å². The van der Waals surface area contributed by atoms with Gasteiger partial charge in [-0.25, -0.2) is 4.79 Å². The molecule has 2 bridgehead atoms. The third kappa shape index (κ3) is 3.64. The highest BCUT2D eigenvalue weighted by Crippen LogP contribution is 2.67. The predicted molar refractivity (Wildman–Crippen MR) is 129 cm³/mol. The van der Waals surface area contributed by atoms with Crippen LogP contribution in [0, 0.1) is 29.1 Å². The summed E-state index contributed by atoms with van der Waals surface area (Å²) in [5, 5.41) is 0. The number of rotatable bonds is 3. The van der Waals surface area contributed by atoms with E-state index in [9.17, 15) is 9.59 Å². The summed E-state index contributed by atoms with van der Waals surface area (Å²) in [5.74, 6) is -0.0146. The maximum Gasteiger partial charge on any atom is 0.338 e. The molecule has 5 nitrogen and oxygen atoms in total. The summed E-state index contributed by atoms with van der Waals surface area (Å²) in [6.07, 6.45) is 3.75. The molecule has 4 aliphatic rings. The molecule has 2 aliphatic carbocycles. The van der Waals surface area contributed by atoms with E-state index < -0.39 is 17.8 Å². The average molecular weight is 465 g/mol. The lowest BCUT2D eigenvalue weighted by Gasteiger charge is -2.39. The van der Waals surface area contributed by atoms with Gasteiger partial charge in [0.25, 0.3) is 0 Å². The van der Waals surface area contributed by atoms with Crippen LogP contribution in [0.2, 0.25) is 0 Å². The van der Waals surface area contributed by atoms with Gasteiger partial charge in [0.1, 0.15) is 12.2 Å². The van der Waals surface area contributed by atoms with Crippen LogP contribution >= 0.6 is 0 Å². The smallest absolute Gasteiger partial charge is 0.338 e.